The monoisotopic (exact) mass is 207 g/mol. The molecule has 1 aromatic rings. The maximum absolute atomic E-state index is 11.3. The molecule has 0 aliphatic carbocycles. The molecule has 1 heterocycles. The Bertz CT molecular complexity index is 387. The van der Waals surface area contributed by atoms with Crippen molar-refractivity contribution in [3.63, 3.8) is 0 Å². The van der Waals surface area contributed by atoms with Crippen LogP contribution in [0.3, 0.4) is 0 Å². The SMILES string of the molecule is C[C@@H](O)COc1ccc2c(c1)C(=O)NC2. The number of fused-ring (bicyclic) bond motifs is 1. The zero-order valence-corrected chi connectivity index (χ0v) is 8.49. The first-order chi connectivity index (χ1) is 7.16. The van der Waals surface area contributed by atoms with Gasteiger partial charge in [-0.15, -0.1) is 0 Å². The van der Waals surface area contributed by atoms with E-state index >= 15 is 0 Å². The van der Waals surface area contributed by atoms with Gasteiger partial charge in [0.05, 0.1) is 6.10 Å². The van der Waals surface area contributed by atoms with Crippen LogP contribution in [-0.2, 0) is 6.54 Å². The van der Waals surface area contributed by atoms with Crippen LogP contribution in [0.4, 0.5) is 0 Å². The lowest BCUT2D eigenvalue weighted by Crippen LogP contribution is -2.14. The van der Waals surface area contributed by atoms with Gasteiger partial charge in [0, 0.05) is 12.1 Å². The van der Waals surface area contributed by atoms with Crippen LogP contribution in [0.15, 0.2) is 18.2 Å². The van der Waals surface area contributed by atoms with Crippen LogP contribution < -0.4 is 10.1 Å². The van der Waals surface area contributed by atoms with Crippen molar-refractivity contribution in [2.45, 2.75) is 19.6 Å². The topological polar surface area (TPSA) is 58.6 Å². The molecule has 1 aliphatic heterocycles. The standard InChI is InChI=1S/C11H13NO3/c1-7(13)6-15-9-3-2-8-5-12-11(14)10(8)4-9/h2-4,7,13H,5-6H2,1H3,(H,12,14)/t7-/m1/s1. The first-order valence-corrected chi connectivity index (χ1v) is 4.89. The molecule has 4 heteroatoms. The molecule has 15 heavy (non-hydrogen) atoms. The van der Waals surface area contributed by atoms with Gasteiger partial charge in [0.1, 0.15) is 12.4 Å². The van der Waals surface area contributed by atoms with Crippen molar-refractivity contribution < 1.29 is 14.6 Å². The normalized spacial score (nSPS) is 15.7. The van der Waals surface area contributed by atoms with Crippen LogP contribution in [0.5, 0.6) is 5.75 Å². The molecule has 0 aromatic heterocycles. The Morgan fingerprint density at radius 2 is 2.40 bits per heavy atom. The fraction of sp³-hybridized carbons (Fsp3) is 0.364. The summed E-state index contributed by atoms with van der Waals surface area (Å²) in [5, 5.41) is 11.8. The second kappa shape index (κ2) is 3.90. The molecule has 0 saturated carbocycles. The van der Waals surface area contributed by atoms with E-state index in [0.29, 0.717) is 17.9 Å². The smallest absolute Gasteiger partial charge is 0.252 e. The predicted octanol–water partition coefficient (Wildman–Crippen LogP) is 0.690. The summed E-state index contributed by atoms with van der Waals surface area (Å²) in [6.07, 6.45) is -0.507. The molecule has 0 spiro atoms. The third-order valence-corrected chi connectivity index (χ3v) is 2.26. The lowest BCUT2D eigenvalue weighted by molar-refractivity contribution is 0.0965. The van der Waals surface area contributed by atoms with Crippen molar-refractivity contribution in [1.82, 2.24) is 5.32 Å². The summed E-state index contributed by atoms with van der Waals surface area (Å²) in [6, 6.07) is 5.38. The highest BCUT2D eigenvalue weighted by molar-refractivity contribution is 5.98. The average molecular weight is 207 g/mol. The molecule has 2 N–H and O–H groups in total. The summed E-state index contributed by atoms with van der Waals surface area (Å²) in [4.78, 5) is 11.3. The number of nitrogens with one attached hydrogen (secondary N) is 1. The van der Waals surface area contributed by atoms with Crippen LogP contribution in [0.25, 0.3) is 0 Å². The van der Waals surface area contributed by atoms with E-state index in [2.05, 4.69) is 5.32 Å². The van der Waals surface area contributed by atoms with E-state index in [1.165, 1.54) is 0 Å². The molecular formula is C11H13NO3. The molecule has 1 aromatic carbocycles. The zero-order valence-electron chi connectivity index (χ0n) is 8.49. The minimum Gasteiger partial charge on any atom is -0.491 e. The van der Waals surface area contributed by atoms with Crippen molar-refractivity contribution in [2.24, 2.45) is 0 Å². The van der Waals surface area contributed by atoms with E-state index < -0.39 is 6.10 Å². The molecule has 1 aliphatic rings. The van der Waals surface area contributed by atoms with Gasteiger partial charge in [-0.05, 0) is 24.6 Å². The van der Waals surface area contributed by atoms with Gasteiger partial charge in [0.2, 0.25) is 0 Å². The zero-order chi connectivity index (χ0) is 10.8. The van der Waals surface area contributed by atoms with Gasteiger partial charge in [-0.3, -0.25) is 4.79 Å². The molecule has 0 bridgehead atoms. The molecular weight excluding hydrogens is 194 g/mol. The number of amides is 1. The molecule has 1 amide bonds. The predicted molar refractivity (Wildman–Crippen MR) is 54.8 cm³/mol. The molecule has 0 radical (unpaired) electrons. The van der Waals surface area contributed by atoms with Crippen molar-refractivity contribution in [3.05, 3.63) is 29.3 Å². The van der Waals surface area contributed by atoms with Crippen LogP contribution in [0.2, 0.25) is 0 Å². The van der Waals surface area contributed by atoms with Crippen LogP contribution in [-0.4, -0.2) is 23.7 Å². The Morgan fingerprint density at radius 3 is 3.13 bits per heavy atom. The van der Waals surface area contributed by atoms with Gasteiger partial charge in [0.15, 0.2) is 0 Å². The molecule has 80 valence electrons. The van der Waals surface area contributed by atoms with Crippen LogP contribution in [0.1, 0.15) is 22.8 Å². The molecule has 0 unspecified atom stereocenters. The summed E-state index contributed by atoms with van der Waals surface area (Å²) >= 11 is 0. The highest BCUT2D eigenvalue weighted by Gasteiger charge is 2.18. The maximum atomic E-state index is 11.3. The number of carbonyl (C=O) groups excluding carboxylic acids is 1. The van der Waals surface area contributed by atoms with Crippen molar-refractivity contribution >= 4 is 5.91 Å². The van der Waals surface area contributed by atoms with E-state index in [4.69, 9.17) is 9.84 Å². The average Bonchev–Trinajstić information content (AvgIpc) is 2.57. The fourth-order valence-electron chi connectivity index (χ4n) is 1.50. The van der Waals surface area contributed by atoms with E-state index in [1.54, 1.807) is 13.0 Å². The van der Waals surface area contributed by atoms with Gasteiger partial charge in [-0.2, -0.15) is 0 Å². The van der Waals surface area contributed by atoms with Gasteiger partial charge < -0.3 is 15.2 Å². The minimum atomic E-state index is -0.507. The van der Waals surface area contributed by atoms with Crippen molar-refractivity contribution in [3.8, 4) is 5.75 Å². The van der Waals surface area contributed by atoms with Crippen LogP contribution >= 0.6 is 0 Å². The van der Waals surface area contributed by atoms with Gasteiger partial charge in [-0.25, -0.2) is 0 Å². The quantitative estimate of drug-likeness (QED) is 0.766. The Hall–Kier alpha value is -1.55. The highest BCUT2D eigenvalue weighted by Crippen LogP contribution is 2.21. The number of aliphatic hydroxyl groups is 1. The third-order valence-electron chi connectivity index (χ3n) is 2.26. The molecule has 2 rings (SSSR count). The second-order valence-corrected chi connectivity index (χ2v) is 3.66. The Labute approximate surface area is 87.9 Å². The second-order valence-electron chi connectivity index (χ2n) is 3.66. The maximum Gasteiger partial charge on any atom is 0.252 e. The number of benzene rings is 1. The minimum absolute atomic E-state index is 0.0625. The number of aliphatic hydroxyl groups excluding tert-OH is 1. The Morgan fingerprint density at radius 1 is 1.60 bits per heavy atom. The first-order valence-electron chi connectivity index (χ1n) is 4.89. The highest BCUT2D eigenvalue weighted by atomic mass is 16.5. The molecule has 1 atom stereocenters. The summed E-state index contributed by atoms with van der Waals surface area (Å²) in [7, 11) is 0. The van der Waals surface area contributed by atoms with E-state index in [0.717, 1.165) is 5.56 Å². The molecule has 0 fully saturated rings. The summed E-state index contributed by atoms with van der Waals surface area (Å²) in [6.45, 7) is 2.48. The van der Waals surface area contributed by atoms with E-state index in [9.17, 15) is 4.79 Å². The number of hydrogen-bond acceptors (Lipinski definition) is 3. The number of hydrogen-bond donors (Lipinski definition) is 2. The number of carbonyl (C=O) groups is 1. The third kappa shape index (κ3) is 2.10. The van der Waals surface area contributed by atoms with Gasteiger partial charge >= 0.3 is 0 Å². The van der Waals surface area contributed by atoms with Crippen LogP contribution in [0, 0.1) is 0 Å². The largest absolute Gasteiger partial charge is 0.491 e. The summed E-state index contributed by atoms with van der Waals surface area (Å²) < 4.78 is 5.31. The van der Waals surface area contributed by atoms with Gasteiger partial charge in [0.25, 0.3) is 5.91 Å². The van der Waals surface area contributed by atoms with Crippen molar-refractivity contribution in [2.75, 3.05) is 6.61 Å². The van der Waals surface area contributed by atoms with E-state index in [1.807, 2.05) is 12.1 Å². The molecule has 4 nitrogen and oxygen atoms in total. The number of ether oxygens (including phenoxy) is 1. The van der Waals surface area contributed by atoms with E-state index in [-0.39, 0.29) is 12.5 Å². The van der Waals surface area contributed by atoms with Gasteiger partial charge in [-0.1, -0.05) is 6.07 Å². The first kappa shape index (κ1) is 9.98. The lowest BCUT2D eigenvalue weighted by atomic mass is 10.1. The number of rotatable bonds is 3. The Kier molecular flexibility index (Phi) is 2.60. The molecule has 0 saturated heterocycles. The fourth-order valence-corrected chi connectivity index (χ4v) is 1.50. The lowest BCUT2D eigenvalue weighted by Gasteiger charge is -2.08. The summed E-state index contributed by atoms with van der Waals surface area (Å²) in [5.74, 6) is 0.555. The Balaban J connectivity index is 2.15. The summed E-state index contributed by atoms with van der Waals surface area (Å²) in [5.41, 5.74) is 1.66. The van der Waals surface area contributed by atoms with Crippen molar-refractivity contribution in [1.29, 1.82) is 0 Å².